The van der Waals surface area contributed by atoms with E-state index >= 15 is 0 Å². The molecule has 0 aromatic heterocycles. The average molecular weight is 347 g/mol. The van der Waals surface area contributed by atoms with Crippen LogP contribution in [0.25, 0.3) is 0 Å². The maximum absolute atomic E-state index is 12.3. The van der Waals surface area contributed by atoms with Crippen molar-refractivity contribution in [3.63, 3.8) is 0 Å². The van der Waals surface area contributed by atoms with E-state index in [2.05, 4.69) is 41.0 Å². The molecule has 1 N–H and O–H groups in total. The first-order chi connectivity index (χ1) is 11.8. The molecule has 132 valence electrons. The van der Waals surface area contributed by atoms with E-state index in [-0.39, 0.29) is 5.91 Å². The quantitative estimate of drug-likeness (QED) is 0.854. The number of benzene rings is 1. The van der Waals surface area contributed by atoms with E-state index < -0.39 is 0 Å². The van der Waals surface area contributed by atoms with Gasteiger partial charge in [-0.2, -0.15) is 11.8 Å². The van der Waals surface area contributed by atoms with E-state index in [0.717, 1.165) is 31.0 Å². The molecule has 0 bridgehead atoms. The first kappa shape index (κ1) is 17.8. The fourth-order valence-corrected chi connectivity index (χ4v) is 5.04. The van der Waals surface area contributed by atoms with Crippen molar-refractivity contribution in [1.29, 1.82) is 0 Å². The predicted octanol–water partition coefficient (Wildman–Crippen LogP) is 3.59. The Morgan fingerprint density at radius 3 is 2.58 bits per heavy atom. The summed E-state index contributed by atoms with van der Waals surface area (Å²) in [6, 6.07) is 8.89. The molecule has 1 amide bonds. The Labute approximate surface area is 150 Å². The second-order valence-corrected chi connectivity index (χ2v) is 8.30. The fraction of sp³-hybridized carbons (Fsp3) is 0.650. The number of hydrogen-bond donors (Lipinski definition) is 1. The summed E-state index contributed by atoms with van der Waals surface area (Å²) in [6.07, 6.45) is 6.03. The van der Waals surface area contributed by atoms with Gasteiger partial charge in [-0.05, 0) is 68.1 Å². The molecule has 0 spiro atoms. The minimum Gasteiger partial charge on any atom is -0.352 e. The van der Waals surface area contributed by atoms with Crippen molar-refractivity contribution in [2.75, 3.05) is 31.1 Å². The van der Waals surface area contributed by atoms with Crippen LogP contribution in [0.1, 0.15) is 48.5 Å². The number of rotatable bonds is 6. The molecule has 3 nitrogen and oxygen atoms in total. The Bertz CT molecular complexity index is 517. The molecule has 4 heteroatoms. The number of piperidine rings is 1. The molecule has 0 unspecified atom stereocenters. The van der Waals surface area contributed by atoms with E-state index in [4.69, 9.17) is 0 Å². The summed E-state index contributed by atoms with van der Waals surface area (Å²) in [7, 11) is 0. The molecular formula is C20H30N2OS. The Balaban J connectivity index is 1.40. The minimum absolute atomic E-state index is 0.0765. The third kappa shape index (κ3) is 4.76. The van der Waals surface area contributed by atoms with Crippen LogP contribution in [0.3, 0.4) is 0 Å². The average Bonchev–Trinajstić information content (AvgIpc) is 3.16. The van der Waals surface area contributed by atoms with Crippen molar-refractivity contribution >= 4 is 17.7 Å². The monoisotopic (exact) mass is 346 g/mol. The second kappa shape index (κ2) is 8.91. The van der Waals surface area contributed by atoms with E-state index in [1.807, 2.05) is 12.1 Å². The minimum atomic E-state index is 0.0765. The summed E-state index contributed by atoms with van der Waals surface area (Å²) in [4.78, 5) is 15.0. The van der Waals surface area contributed by atoms with Gasteiger partial charge in [0.15, 0.2) is 0 Å². The lowest BCUT2D eigenvalue weighted by Gasteiger charge is -2.35. The van der Waals surface area contributed by atoms with Gasteiger partial charge in [0.05, 0.1) is 0 Å². The molecule has 1 atom stereocenters. The van der Waals surface area contributed by atoms with Crippen LogP contribution in [-0.2, 0) is 6.42 Å². The topological polar surface area (TPSA) is 32.3 Å². The zero-order valence-electron chi connectivity index (χ0n) is 14.8. The highest BCUT2D eigenvalue weighted by Gasteiger charge is 2.27. The number of hydrogen-bond acceptors (Lipinski definition) is 3. The lowest BCUT2D eigenvalue weighted by atomic mass is 9.95. The van der Waals surface area contributed by atoms with Gasteiger partial charge in [-0.25, -0.2) is 0 Å². The van der Waals surface area contributed by atoms with Gasteiger partial charge in [-0.3, -0.25) is 9.69 Å². The van der Waals surface area contributed by atoms with Crippen LogP contribution in [0, 0.1) is 5.92 Å². The van der Waals surface area contributed by atoms with Gasteiger partial charge < -0.3 is 5.32 Å². The summed E-state index contributed by atoms with van der Waals surface area (Å²) in [5, 5.41) is 3.14. The maximum atomic E-state index is 12.3. The number of thioether (sulfide) groups is 1. The van der Waals surface area contributed by atoms with Crippen LogP contribution in [0.15, 0.2) is 24.3 Å². The van der Waals surface area contributed by atoms with Gasteiger partial charge in [0.2, 0.25) is 0 Å². The van der Waals surface area contributed by atoms with Gasteiger partial charge in [-0.15, -0.1) is 0 Å². The summed E-state index contributed by atoms with van der Waals surface area (Å²) < 4.78 is 0. The van der Waals surface area contributed by atoms with Crippen LogP contribution >= 0.6 is 11.8 Å². The van der Waals surface area contributed by atoms with E-state index in [0.29, 0.717) is 5.92 Å². The number of nitrogens with zero attached hydrogens (tertiary/aromatic N) is 1. The molecule has 0 radical (unpaired) electrons. The van der Waals surface area contributed by atoms with Crippen LogP contribution in [0.5, 0.6) is 0 Å². The Kier molecular flexibility index (Phi) is 6.61. The zero-order valence-corrected chi connectivity index (χ0v) is 15.6. The van der Waals surface area contributed by atoms with E-state index in [1.165, 1.54) is 49.4 Å². The summed E-state index contributed by atoms with van der Waals surface area (Å²) in [5.74, 6) is 3.36. The lowest BCUT2D eigenvalue weighted by Crippen LogP contribution is -2.43. The van der Waals surface area contributed by atoms with Crippen LogP contribution < -0.4 is 5.32 Å². The highest BCUT2D eigenvalue weighted by molar-refractivity contribution is 7.99. The summed E-state index contributed by atoms with van der Waals surface area (Å²) in [6.45, 7) is 5.41. The Morgan fingerprint density at radius 1 is 1.21 bits per heavy atom. The molecule has 2 aliphatic heterocycles. The molecule has 2 saturated heterocycles. The molecule has 2 fully saturated rings. The van der Waals surface area contributed by atoms with Gasteiger partial charge in [0, 0.05) is 23.9 Å². The highest BCUT2D eigenvalue weighted by Crippen LogP contribution is 2.26. The molecule has 2 heterocycles. The maximum Gasteiger partial charge on any atom is 0.251 e. The zero-order chi connectivity index (χ0) is 16.8. The standard InChI is InChI=1S/C20H30N2OS/c1-2-3-16-4-6-18(7-5-16)20(23)21-14-17-8-11-22(12-9-17)19-10-13-24-15-19/h4-7,17,19H,2-3,8-15H2,1H3,(H,21,23)/t19-/m0/s1. The van der Waals surface area contributed by atoms with Crippen molar-refractivity contribution in [3.8, 4) is 0 Å². The van der Waals surface area contributed by atoms with Crippen LogP contribution in [0.4, 0.5) is 0 Å². The predicted molar refractivity (Wildman–Crippen MR) is 103 cm³/mol. The molecule has 24 heavy (non-hydrogen) atoms. The van der Waals surface area contributed by atoms with Gasteiger partial charge >= 0.3 is 0 Å². The normalized spacial score (nSPS) is 22.6. The van der Waals surface area contributed by atoms with Gasteiger partial charge in [0.1, 0.15) is 0 Å². The number of amides is 1. The van der Waals surface area contributed by atoms with Crippen molar-refractivity contribution in [1.82, 2.24) is 10.2 Å². The molecule has 3 rings (SSSR count). The van der Waals surface area contributed by atoms with Crippen molar-refractivity contribution in [3.05, 3.63) is 35.4 Å². The van der Waals surface area contributed by atoms with Crippen molar-refractivity contribution in [2.24, 2.45) is 5.92 Å². The van der Waals surface area contributed by atoms with Gasteiger partial charge in [0.25, 0.3) is 5.91 Å². The fourth-order valence-electron chi connectivity index (χ4n) is 3.78. The number of nitrogens with one attached hydrogen (secondary N) is 1. The largest absolute Gasteiger partial charge is 0.352 e. The molecule has 1 aromatic rings. The number of aryl methyl sites for hydroxylation is 1. The first-order valence-electron chi connectivity index (χ1n) is 9.45. The number of carbonyl (C=O) groups is 1. The summed E-state index contributed by atoms with van der Waals surface area (Å²) in [5.41, 5.74) is 2.10. The summed E-state index contributed by atoms with van der Waals surface area (Å²) >= 11 is 2.09. The molecule has 0 saturated carbocycles. The number of likely N-dealkylation sites (tertiary alicyclic amines) is 1. The highest BCUT2D eigenvalue weighted by atomic mass is 32.2. The number of carbonyl (C=O) groups excluding carboxylic acids is 1. The Morgan fingerprint density at radius 2 is 1.96 bits per heavy atom. The van der Waals surface area contributed by atoms with Gasteiger partial charge in [-0.1, -0.05) is 25.5 Å². The lowest BCUT2D eigenvalue weighted by molar-refractivity contribution is 0.0928. The van der Waals surface area contributed by atoms with Crippen LogP contribution in [0.2, 0.25) is 0 Å². The molecule has 0 aliphatic carbocycles. The molecule has 1 aromatic carbocycles. The molecular weight excluding hydrogens is 316 g/mol. The Hall–Kier alpha value is -1.00. The van der Waals surface area contributed by atoms with Crippen LogP contribution in [-0.4, -0.2) is 48.0 Å². The van der Waals surface area contributed by atoms with E-state index in [1.54, 1.807) is 0 Å². The first-order valence-corrected chi connectivity index (χ1v) is 10.6. The third-order valence-electron chi connectivity index (χ3n) is 5.38. The second-order valence-electron chi connectivity index (χ2n) is 7.15. The van der Waals surface area contributed by atoms with Crippen molar-refractivity contribution < 1.29 is 4.79 Å². The SMILES string of the molecule is CCCc1ccc(C(=O)NCC2CCN([C@H]3CCSC3)CC2)cc1. The van der Waals surface area contributed by atoms with Crippen molar-refractivity contribution in [2.45, 2.75) is 45.1 Å². The molecule has 2 aliphatic rings. The smallest absolute Gasteiger partial charge is 0.251 e. The van der Waals surface area contributed by atoms with E-state index in [9.17, 15) is 4.79 Å². The third-order valence-corrected chi connectivity index (χ3v) is 6.52.